The first-order chi connectivity index (χ1) is 7.74. The minimum Gasteiger partial charge on any atom is -0.294 e. The van der Waals surface area contributed by atoms with E-state index in [0.717, 1.165) is 18.9 Å². The molecule has 1 N–H and O–H groups in total. The summed E-state index contributed by atoms with van der Waals surface area (Å²) < 4.78 is 0. The van der Waals surface area contributed by atoms with Gasteiger partial charge in [0.05, 0.1) is 12.6 Å². The van der Waals surface area contributed by atoms with Crippen LogP contribution in [0.5, 0.6) is 0 Å². The molecule has 0 aromatic rings. The van der Waals surface area contributed by atoms with Crippen LogP contribution in [-0.4, -0.2) is 35.8 Å². The molecular formula is C12H18N2O2. The Balaban J connectivity index is 1.77. The maximum absolute atomic E-state index is 11.7. The van der Waals surface area contributed by atoms with Crippen molar-refractivity contribution in [1.82, 2.24) is 10.2 Å². The van der Waals surface area contributed by atoms with Crippen LogP contribution >= 0.6 is 0 Å². The maximum atomic E-state index is 11.7. The highest BCUT2D eigenvalue weighted by atomic mass is 16.2. The third-order valence-corrected chi connectivity index (χ3v) is 4.41. The van der Waals surface area contributed by atoms with Crippen LogP contribution in [0.4, 0.5) is 0 Å². The molecule has 4 nitrogen and oxygen atoms in total. The number of hydrogen-bond acceptors (Lipinski definition) is 3. The molecule has 2 heterocycles. The zero-order valence-electron chi connectivity index (χ0n) is 9.45. The number of imide groups is 1. The summed E-state index contributed by atoms with van der Waals surface area (Å²) in [6.45, 7) is 1.37. The van der Waals surface area contributed by atoms with E-state index in [0.29, 0.717) is 12.5 Å². The fraction of sp³-hybridized carbons (Fsp3) is 0.833. The van der Waals surface area contributed by atoms with Gasteiger partial charge >= 0.3 is 0 Å². The molecule has 0 radical (unpaired) electrons. The predicted octanol–water partition coefficient (Wildman–Crippen LogP) is 0.524. The molecule has 2 saturated heterocycles. The Hall–Kier alpha value is -0.900. The first-order valence-corrected chi connectivity index (χ1v) is 6.32. The van der Waals surface area contributed by atoms with E-state index in [-0.39, 0.29) is 17.9 Å². The fourth-order valence-electron chi connectivity index (χ4n) is 3.59. The molecule has 0 aromatic carbocycles. The molecule has 2 aliphatic heterocycles. The van der Waals surface area contributed by atoms with Gasteiger partial charge in [0, 0.05) is 6.54 Å². The average molecular weight is 222 g/mol. The Morgan fingerprint density at radius 1 is 1.12 bits per heavy atom. The summed E-state index contributed by atoms with van der Waals surface area (Å²) in [6, 6.07) is -0.0305. The summed E-state index contributed by atoms with van der Waals surface area (Å²) in [5.41, 5.74) is 0. The van der Waals surface area contributed by atoms with Crippen molar-refractivity contribution < 1.29 is 9.59 Å². The van der Waals surface area contributed by atoms with Gasteiger partial charge in [0.1, 0.15) is 0 Å². The quantitative estimate of drug-likeness (QED) is 0.608. The summed E-state index contributed by atoms with van der Waals surface area (Å²) in [5, 5.41) is 2.45. The highest BCUT2D eigenvalue weighted by Gasteiger charge is 2.42. The normalized spacial score (nSPS) is 39.9. The molecule has 1 saturated carbocycles. The molecular weight excluding hydrogens is 204 g/mol. The Morgan fingerprint density at radius 3 is 2.69 bits per heavy atom. The summed E-state index contributed by atoms with van der Waals surface area (Å²) >= 11 is 0. The van der Waals surface area contributed by atoms with Crippen molar-refractivity contribution >= 4 is 11.8 Å². The van der Waals surface area contributed by atoms with Crippen LogP contribution in [0.25, 0.3) is 0 Å². The number of piperidine rings is 1. The van der Waals surface area contributed by atoms with Gasteiger partial charge in [0.15, 0.2) is 0 Å². The van der Waals surface area contributed by atoms with Gasteiger partial charge in [0.25, 0.3) is 0 Å². The fourth-order valence-corrected chi connectivity index (χ4v) is 3.59. The van der Waals surface area contributed by atoms with E-state index in [2.05, 4.69) is 10.2 Å². The topological polar surface area (TPSA) is 49.4 Å². The number of rotatable bonds is 0. The van der Waals surface area contributed by atoms with Gasteiger partial charge in [-0.05, 0) is 24.7 Å². The Kier molecular flexibility index (Phi) is 2.46. The second kappa shape index (κ2) is 3.84. The largest absolute Gasteiger partial charge is 0.294 e. The van der Waals surface area contributed by atoms with Crippen molar-refractivity contribution in [2.45, 2.75) is 38.1 Å². The lowest BCUT2D eigenvalue weighted by molar-refractivity contribution is -0.144. The predicted molar refractivity (Wildman–Crippen MR) is 58.6 cm³/mol. The van der Waals surface area contributed by atoms with Crippen LogP contribution < -0.4 is 5.32 Å². The zero-order valence-corrected chi connectivity index (χ0v) is 9.45. The Labute approximate surface area is 95.4 Å². The van der Waals surface area contributed by atoms with E-state index >= 15 is 0 Å². The number of piperazine rings is 1. The van der Waals surface area contributed by atoms with Gasteiger partial charge in [-0.3, -0.25) is 19.8 Å². The van der Waals surface area contributed by atoms with Crippen molar-refractivity contribution in [3.8, 4) is 0 Å². The molecule has 88 valence electrons. The van der Waals surface area contributed by atoms with E-state index in [4.69, 9.17) is 0 Å². The minimum absolute atomic E-state index is 0.0305. The molecule has 4 heteroatoms. The number of fused-ring (bicyclic) bond motifs is 2. The van der Waals surface area contributed by atoms with Crippen molar-refractivity contribution in [3.63, 3.8) is 0 Å². The summed E-state index contributed by atoms with van der Waals surface area (Å²) in [7, 11) is 0. The van der Waals surface area contributed by atoms with E-state index in [9.17, 15) is 9.59 Å². The van der Waals surface area contributed by atoms with E-state index < -0.39 is 0 Å². The molecule has 2 amide bonds. The van der Waals surface area contributed by atoms with Gasteiger partial charge in [-0.15, -0.1) is 0 Å². The molecule has 3 fully saturated rings. The third kappa shape index (κ3) is 1.65. The number of carbonyl (C=O) groups is 2. The maximum Gasteiger partial charge on any atom is 0.243 e. The van der Waals surface area contributed by atoms with Crippen LogP contribution in [0.3, 0.4) is 0 Å². The summed E-state index contributed by atoms with van der Waals surface area (Å²) in [5.74, 6) is 1.24. The lowest BCUT2D eigenvalue weighted by atomic mass is 9.72. The van der Waals surface area contributed by atoms with Gasteiger partial charge in [-0.2, -0.15) is 0 Å². The molecule has 0 aromatic heterocycles. The van der Waals surface area contributed by atoms with Gasteiger partial charge < -0.3 is 0 Å². The first-order valence-electron chi connectivity index (χ1n) is 6.32. The Morgan fingerprint density at radius 2 is 1.88 bits per heavy atom. The molecule has 0 spiro atoms. The molecule has 0 bridgehead atoms. The van der Waals surface area contributed by atoms with Crippen LogP contribution in [0, 0.1) is 11.8 Å². The standard InChI is InChI=1S/C12H18N2O2/c15-11-7-14-6-9-4-2-1-3-8(9)5-10(14)12(16)13-11/h8-10H,1-7H2,(H,13,15,16)/t8-,9+,10-/m1/s1. The number of carbonyl (C=O) groups excluding carboxylic acids is 2. The van der Waals surface area contributed by atoms with Crippen molar-refractivity contribution in [1.29, 1.82) is 0 Å². The second-order valence-corrected chi connectivity index (χ2v) is 5.40. The van der Waals surface area contributed by atoms with Crippen LogP contribution in [-0.2, 0) is 9.59 Å². The van der Waals surface area contributed by atoms with E-state index in [1.165, 1.54) is 25.7 Å². The smallest absolute Gasteiger partial charge is 0.243 e. The van der Waals surface area contributed by atoms with Crippen molar-refractivity contribution in [2.75, 3.05) is 13.1 Å². The van der Waals surface area contributed by atoms with Crippen LogP contribution in [0.15, 0.2) is 0 Å². The van der Waals surface area contributed by atoms with Crippen LogP contribution in [0.1, 0.15) is 32.1 Å². The molecule has 3 atom stereocenters. The second-order valence-electron chi connectivity index (χ2n) is 5.40. The number of amides is 2. The lowest BCUT2D eigenvalue weighted by Crippen LogP contribution is -2.62. The molecule has 3 aliphatic rings. The van der Waals surface area contributed by atoms with E-state index in [1.807, 2.05) is 0 Å². The third-order valence-electron chi connectivity index (χ3n) is 4.41. The average Bonchev–Trinajstić information content (AvgIpc) is 2.27. The summed E-state index contributed by atoms with van der Waals surface area (Å²) in [6.07, 6.45) is 6.15. The van der Waals surface area contributed by atoms with Crippen LogP contribution in [0.2, 0.25) is 0 Å². The molecule has 16 heavy (non-hydrogen) atoms. The number of hydrogen-bond donors (Lipinski definition) is 1. The minimum atomic E-state index is -0.129. The summed E-state index contributed by atoms with van der Waals surface area (Å²) in [4.78, 5) is 25.1. The van der Waals surface area contributed by atoms with E-state index in [1.54, 1.807) is 0 Å². The highest BCUT2D eigenvalue weighted by Crippen LogP contribution is 2.38. The Bertz CT molecular complexity index is 329. The lowest BCUT2D eigenvalue weighted by Gasteiger charge is -2.46. The highest BCUT2D eigenvalue weighted by molar-refractivity contribution is 6.01. The molecule has 3 rings (SSSR count). The number of nitrogens with zero attached hydrogens (tertiary/aromatic N) is 1. The van der Waals surface area contributed by atoms with Crippen molar-refractivity contribution in [2.24, 2.45) is 11.8 Å². The molecule has 1 aliphatic carbocycles. The molecule has 0 unspecified atom stereocenters. The number of nitrogens with one attached hydrogen (secondary N) is 1. The van der Waals surface area contributed by atoms with Gasteiger partial charge in [-0.1, -0.05) is 19.3 Å². The first kappa shape index (κ1) is 10.3. The SMILES string of the molecule is O=C1CN2C[C@@H]3CCCC[C@@H]3C[C@@H]2C(=O)N1. The van der Waals surface area contributed by atoms with Gasteiger partial charge in [-0.25, -0.2) is 0 Å². The zero-order chi connectivity index (χ0) is 11.1. The van der Waals surface area contributed by atoms with Crippen molar-refractivity contribution in [3.05, 3.63) is 0 Å². The monoisotopic (exact) mass is 222 g/mol. The van der Waals surface area contributed by atoms with Gasteiger partial charge in [0.2, 0.25) is 11.8 Å².